The van der Waals surface area contributed by atoms with Crippen LogP contribution in [0.1, 0.15) is 0 Å². The lowest BCUT2D eigenvalue weighted by Crippen LogP contribution is -2.19. The van der Waals surface area contributed by atoms with Crippen molar-refractivity contribution in [3.63, 3.8) is 0 Å². The Bertz CT molecular complexity index is 450. The van der Waals surface area contributed by atoms with E-state index >= 15 is 0 Å². The van der Waals surface area contributed by atoms with Crippen LogP contribution in [0.4, 0.5) is 18.9 Å². The lowest BCUT2D eigenvalue weighted by atomic mass is 10.3. The smallest absolute Gasteiger partial charge is 0.422 e. The van der Waals surface area contributed by atoms with Crippen LogP contribution in [-0.2, 0) is 0 Å². The molecule has 0 aromatic heterocycles. The summed E-state index contributed by atoms with van der Waals surface area (Å²) in [7, 11) is 0. The highest BCUT2D eigenvalue weighted by Crippen LogP contribution is 2.36. The second-order valence-corrected chi connectivity index (χ2v) is 3.71. The van der Waals surface area contributed by atoms with Crippen molar-refractivity contribution in [2.45, 2.75) is 6.18 Å². The molecule has 0 saturated carbocycles. The van der Waals surface area contributed by atoms with E-state index in [-0.39, 0.29) is 10.0 Å². The van der Waals surface area contributed by atoms with Crippen molar-refractivity contribution >= 4 is 28.9 Å². The zero-order valence-electron chi connectivity index (χ0n) is 7.92. The Balaban J connectivity index is 3.00. The van der Waals surface area contributed by atoms with Gasteiger partial charge in [0.2, 0.25) is 0 Å². The molecule has 0 aliphatic rings. The Hall–Kier alpha value is -1.21. The van der Waals surface area contributed by atoms with Crippen LogP contribution < -0.4 is 4.74 Å². The predicted molar refractivity (Wildman–Crippen MR) is 54.7 cm³/mol. The number of ether oxygens (including phenoxy) is 1. The molecule has 9 heteroatoms. The largest absolute Gasteiger partial charge is 0.482 e. The number of hydrogen-bond donors (Lipinski definition) is 0. The Labute approximate surface area is 103 Å². The Morgan fingerprint density at radius 3 is 2.35 bits per heavy atom. The van der Waals surface area contributed by atoms with Gasteiger partial charge < -0.3 is 4.74 Å². The van der Waals surface area contributed by atoms with Gasteiger partial charge >= 0.3 is 6.18 Å². The van der Waals surface area contributed by atoms with Crippen LogP contribution >= 0.6 is 23.2 Å². The molecule has 0 radical (unpaired) electrons. The van der Waals surface area contributed by atoms with Crippen molar-refractivity contribution in [2.75, 3.05) is 6.61 Å². The third-order valence-electron chi connectivity index (χ3n) is 1.59. The van der Waals surface area contributed by atoms with Gasteiger partial charge in [-0.25, -0.2) is 0 Å². The van der Waals surface area contributed by atoms with Gasteiger partial charge in [-0.15, -0.1) is 0 Å². The monoisotopic (exact) mass is 289 g/mol. The van der Waals surface area contributed by atoms with Gasteiger partial charge in [0.1, 0.15) is 10.8 Å². The summed E-state index contributed by atoms with van der Waals surface area (Å²) in [5.41, 5.74) is -0.576. The minimum atomic E-state index is -4.56. The van der Waals surface area contributed by atoms with Crippen LogP contribution in [0.15, 0.2) is 12.1 Å². The molecule has 0 fully saturated rings. The van der Waals surface area contributed by atoms with Gasteiger partial charge in [-0.05, 0) is 6.07 Å². The second kappa shape index (κ2) is 4.97. The van der Waals surface area contributed by atoms with Gasteiger partial charge in [0.15, 0.2) is 6.61 Å². The van der Waals surface area contributed by atoms with Crippen molar-refractivity contribution in [2.24, 2.45) is 0 Å². The molecule has 0 heterocycles. The van der Waals surface area contributed by atoms with Gasteiger partial charge in [-0.3, -0.25) is 10.1 Å². The predicted octanol–water partition coefficient (Wildman–Crippen LogP) is 3.84. The number of nitrogens with zero attached hydrogens (tertiary/aromatic N) is 1. The molecule has 1 aromatic rings. The van der Waals surface area contributed by atoms with Gasteiger partial charge in [0.05, 0.1) is 16.0 Å². The fourth-order valence-electron chi connectivity index (χ4n) is 0.928. The summed E-state index contributed by atoms with van der Waals surface area (Å²) in [6.45, 7) is -1.59. The van der Waals surface area contributed by atoms with E-state index < -0.39 is 29.1 Å². The highest BCUT2D eigenvalue weighted by Gasteiger charge is 2.29. The fourth-order valence-corrected chi connectivity index (χ4v) is 1.44. The molecule has 17 heavy (non-hydrogen) atoms. The van der Waals surface area contributed by atoms with Gasteiger partial charge in [0, 0.05) is 0 Å². The zero-order chi connectivity index (χ0) is 13.2. The lowest BCUT2D eigenvalue weighted by Gasteiger charge is -2.10. The third kappa shape index (κ3) is 3.94. The van der Waals surface area contributed by atoms with Crippen molar-refractivity contribution in [1.29, 1.82) is 0 Å². The SMILES string of the molecule is O=[N+]([O-])c1cc(OCC(F)(F)F)c(Cl)cc1Cl. The molecule has 0 saturated heterocycles. The van der Waals surface area contributed by atoms with E-state index in [1.165, 1.54) is 0 Å². The molecule has 1 rings (SSSR count). The Morgan fingerprint density at radius 1 is 1.29 bits per heavy atom. The quantitative estimate of drug-likeness (QED) is 0.627. The first-order chi connectivity index (χ1) is 7.70. The molecule has 4 nitrogen and oxygen atoms in total. The van der Waals surface area contributed by atoms with E-state index in [4.69, 9.17) is 23.2 Å². The van der Waals surface area contributed by atoms with E-state index in [0.717, 1.165) is 12.1 Å². The average Bonchev–Trinajstić information content (AvgIpc) is 2.14. The summed E-state index contributed by atoms with van der Waals surface area (Å²) in [4.78, 5) is 9.64. The number of hydrogen-bond acceptors (Lipinski definition) is 3. The maximum Gasteiger partial charge on any atom is 0.422 e. The van der Waals surface area contributed by atoms with Crippen LogP contribution in [-0.4, -0.2) is 17.7 Å². The van der Waals surface area contributed by atoms with Crippen molar-refractivity contribution in [3.8, 4) is 5.75 Å². The lowest BCUT2D eigenvalue weighted by molar-refractivity contribution is -0.384. The summed E-state index contributed by atoms with van der Waals surface area (Å²) in [6, 6.07) is 1.70. The first kappa shape index (κ1) is 13.9. The van der Waals surface area contributed by atoms with E-state index in [2.05, 4.69) is 4.74 Å². The molecule has 0 atom stereocenters. The van der Waals surface area contributed by atoms with Crippen molar-refractivity contribution in [3.05, 3.63) is 32.3 Å². The summed E-state index contributed by atoms with van der Waals surface area (Å²) >= 11 is 11.0. The van der Waals surface area contributed by atoms with E-state index in [1.807, 2.05) is 0 Å². The topological polar surface area (TPSA) is 52.4 Å². The minimum absolute atomic E-state index is 0.232. The van der Waals surface area contributed by atoms with Crippen LogP contribution in [0.2, 0.25) is 10.0 Å². The molecule has 0 aliphatic carbocycles. The summed E-state index contributed by atoms with van der Waals surface area (Å²) in [5.74, 6) is -0.444. The Morgan fingerprint density at radius 2 is 1.88 bits per heavy atom. The molecule has 0 bridgehead atoms. The maximum atomic E-state index is 11.9. The number of nitro benzene ring substituents is 1. The summed E-state index contributed by atoms with van der Waals surface area (Å²) < 4.78 is 40.0. The van der Waals surface area contributed by atoms with Crippen molar-refractivity contribution < 1.29 is 22.8 Å². The number of benzene rings is 1. The van der Waals surface area contributed by atoms with Crippen LogP contribution in [0.25, 0.3) is 0 Å². The number of nitro groups is 1. The highest BCUT2D eigenvalue weighted by molar-refractivity contribution is 6.36. The van der Waals surface area contributed by atoms with E-state index in [9.17, 15) is 23.3 Å². The first-order valence-corrected chi connectivity index (χ1v) is 4.79. The average molecular weight is 290 g/mol. The van der Waals surface area contributed by atoms with Crippen LogP contribution in [0.3, 0.4) is 0 Å². The van der Waals surface area contributed by atoms with Gasteiger partial charge in [-0.1, -0.05) is 23.2 Å². The third-order valence-corrected chi connectivity index (χ3v) is 2.19. The van der Waals surface area contributed by atoms with Crippen LogP contribution in [0.5, 0.6) is 5.75 Å². The maximum absolute atomic E-state index is 11.9. The van der Waals surface area contributed by atoms with Gasteiger partial charge in [-0.2, -0.15) is 13.2 Å². The number of halogens is 5. The molecule has 0 N–H and O–H groups in total. The minimum Gasteiger partial charge on any atom is -0.482 e. The van der Waals surface area contributed by atoms with E-state index in [1.54, 1.807) is 0 Å². The molecule has 94 valence electrons. The summed E-state index contributed by atoms with van der Waals surface area (Å²) in [5, 5.41) is 9.98. The molecule has 0 aliphatic heterocycles. The first-order valence-electron chi connectivity index (χ1n) is 4.03. The Kier molecular flexibility index (Phi) is 4.05. The van der Waals surface area contributed by atoms with E-state index in [0.29, 0.717) is 0 Å². The number of rotatable bonds is 3. The van der Waals surface area contributed by atoms with Gasteiger partial charge in [0.25, 0.3) is 5.69 Å². The molecule has 0 amide bonds. The second-order valence-electron chi connectivity index (χ2n) is 2.90. The van der Waals surface area contributed by atoms with Crippen molar-refractivity contribution in [1.82, 2.24) is 0 Å². The molecular weight excluding hydrogens is 286 g/mol. The standard InChI is InChI=1S/C8H4Cl2F3NO3/c9-4-1-5(10)7(2-6(4)14(15)16)17-3-8(11,12)13/h1-2H,3H2. The van der Waals surface area contributed by atoms with Crippen LogP contribution in [0, 0.1) is 10.1 Å². The normalized spacial score (nSPS) is 11.4. The molecule has 0 spiro atoms. The zero-order valence-corrected chi connectivity index (χ0v) is 9.44. The molecule has 1 aromatic carbocycles. The summed E-state index contributed by atoms with van der Waals surface area (Å²) in [6.07, 6.45) is -4.56. The molecular formula is C8H4Cl2F3NO3. The highest BCUT2D eigenvalue weighted by atomic mass is 35.5. The number of alkyl halides is 3. The fraction of sp³-hybridized carbons (Fsp3) is 0.250. The molecule has 0 unspecified atom stereocenters.